The van der Waals surface area contributed by atoms with E-state index in [0.717, 1.165) is 25.2 Å². The zero-order chi connectivity index (χ0) is 16.1. The first-order valence-corrected chi connectivity index (χ1v) is 8.34. The van der Waals surface area contributed by atoms with E-state index in [1.54, 1.807) is 0 Å². The Morgan fingerprint density at radius 3 is 2.61 bits per heavy atom. The number of halogens is 1. The van der Waals surface area contributed by atoms with Crippen LogP contribution in [0.5, 0.6) is 0 Å². The van der Waals surface area contributed by atoms with Crippen LogP contribution in [0.4, 0.5) is 5.69 Å². The van der Waals surface area contributed by atoms with Crippen molar-refractivity contribution in [2.75, 3.05) is 25.5 Å². The van der Waals surface area contributed by atoms with E-state index in [1.165, 1.54) is 12.0 Å². The Kier molecular flexibility index (Phi) is 8.03. The molecule has 4 nitrogen and oxygen atoms in total. The van der Waals surface area contributed by atoms with Gasteiger partial charge < -0.3 is 10.6 Å². The number of likely N-dealkylation sites (tertiary alicyclic amines) is 1. The molecule has 1 aromatic rings. The predicted octanol–water partition coefficient (Wildman–Crippen LogP) is 3.24. The van der Waals surface area contributed by atoms with Gasteiger partial charge in [-0.05, 0) is 50.9 Å². The fraction of sp³-hybridized carbons (Fsp3) is 0.611. The Balaban J connectivity index is 0.00000264. The monoisotopic (exact) mass is 339 g/mol. The predicted molar refractivity (Wildman–Crippen MR) is 99.5 cm³/mol. The molecule has 0 bridgehead atoms. The Labute approximate surface area is 146 Å². The number of benzene rings is 1. The minimum Gasteiger partial charge on any atom is -0.324 e. The second-order valence-electron chi connectivity index (χ2n) is 6.53. The zero-order valence-electron chi connectivity index (χ0n) is 14.6. The van der Waals surface area contributed by atoms with Crippen LogP contribution in [-0.4, -0.2) is 43.0 Å². The number of likely N-dealkylation sites (N-methyl/N-ethyl adjacent to an activating group) is 1. The quantitative estimate of drug-likeness (QED) is 0.865. The van der Waals surface area contributed by atoms with Crippen molar-refractivity contribution in [3.8, 4) is 0 Å². The number of nitrogens with zero attached hydrogens (tertiary/aromatic N) is 1. The molecule has 0 spiro atoms. The summed E-state index contributed by atoms with van der Waals surface area (Å²) >= 11 is 0. The molecule has 23 heavy (non-hydrogen) atoms. The molecule has 0 saturated carbocycles. The summed E-state index contributed by atoms with van der Waals surface area (Å²) in [4.78, 5) is 14.9. The SMILES string of the molecule is CNC1CCCN(C(C)C(=O)Nc2ccccc2C(C)C)C1.Cl. The molecule has 2 rings (SSSR count). The molecule has 1 heterocycles. The topological polar surface area (TPSA) is 44.4 Å². The van der Waals surface area contributed by atoms with Gasteiger partial charge in [0.15, 0.2) is 0 Å². The van der Waals surface area contributed by atoms with Crippen molar-refractivity contribution >= 4 is 24.0 Å². The third-order valence-corrected chi connectivity index (χ3v) is 4.63. The third kappa shape index (κ3) is 5.20. The molecule has 1 aromatic carbocycles. The number of nitrogens with one attached hydrogen (secondary N) is 2. The van der Waals surface area contributed by atoms with Gasteiger partial charge in [0, 0.05) is 18.3 Å². The maximum absolute atomic E-state index is 12.6. The molecular weight excluding hydrogens is 310 g/mol. The summed E-state index contributed by atoms with van der Waals surface area (Å²) in [6, 6.07) is 8.47. The van der Waals surface area contributed by atoms with E-state index in [1.807, 2.05) is 32.2 Å². The summed E-state index contributed by atoms with van der Waals surface area (Å²) in [5, 5.41) is 6.45. The van der Waals surface area contributed by atoms with Crippen LogP contribution in [0.3, 0.4) is 0 Å². The van der Waals surface area contributed by atoms with Crippen LogP contribution in [-0.2, 0) is 4.79 Å². The van der Waals surface area contributed by atoms with Gasteiger partial charge >= 0.3 is 0 Å². The van der Waals surface area contributed by atoms with Crippen LogP contribution >= 0.6 is 12.4 Å². The van der Waals surface area contributed by atoms with Gasteiger partial charge in [0.25, 0.3) is 0 Å². The van der Waals surface area contributed by atoms with Crippen molar-refractivity contribution in [3.05, 3.63) is 29.8 Å². The molecule has 1 aliphatic rings. The molecular formula is C18H30ClN3O. The van der Waals surface area contributed by atoms with Gasteiger partial charge in [-0.1, -0.05) is 32.0 Å². The van der Waals surface area contributed by atoms with E-state index in [2.05, 4.69) is 35.4 Å². The molecule has 2 unspecified atom stereocenters. The van der Waals surface area contributed by atoms with Crippen molar-refractivity contribution in [1.82, 2.24) is 10.2 Å². The van der Waals surface area contributed by atoms with Crippen LogP contribution in [0, 0.1) is 0 Å². The van der Waals surface area contributed by atoms with E-state index >= 15 is 0 Å². The molecule has 5 heteroatoms. The maximum Gasteiger partial charge on any atom is 0.241 e. The number of carbonyl (C=O) groups excluding carboxylic acids is 1. The Morgan fingerprint density at radius 2 is 1.96 bits per heavy atom. The van der Waals surface area contributed by atoms with Gasteiger partial charge in [-0.15, -0.1) is 12.4 Å². The Bertz CT molecular complexity index is 507. The fourth-order valence-electron chi connectivity index (χ4n) is 3.11. The maximum atomic E-state index is 12.6. The largest absolute Gasteiger partial charge is 0.324 e. The first kappa shape index (κ1) is 19.9. The Morgan fingerprint density at radius 1 is 1.26 bits per heavy atom. The third-order valence-electron chi connectivity index (χ3n) is 4.63. The van der Waals surface area contributed by atoms with E-state index in [9.17, 15) is 4.79 Å². The standard InChI is InChI=1S/C18H29N3O.ClH/c1-13(2)16-9-5-6-10-17(16)20-18(22)14(3)21-11-7-8-15(12-21)19-4;/h5-6,9-10,13-15,19H,7-8,11-12H2,1-4H3,(H,20,22);1H. The number of hydrogen-bond acceptors (Lipinski definition) is 3. The van der Waals surface area contributed by atoms with Crippen molar-refractivity contribution in [1.29, 1.82) is 0 Å². The van der Waals surface area contributed by atoms with Crippen LogP contribution < -0.4 is 10.6 Å². The fourth-order valence-corrected chi connectivity index (χ4v) is 3.11. The van der Waals surface area contributed by atoms with Crippen LogP contribution in [0.1, 0.15) is 45.1 Å². The van der Waals surface area contributed by atoms with Crippen molar-refractivity contribution in [2.24, 2.45) is 0 Å². The van der Waals surface area contributed by atoms with E-state index in [4.69, 9.17) is 0 Å². The lowest BCUT2D eigenvalue weighted by molar-refractivity contribution is -0.121. The average molecular weight is 340 g/mol. The number of piperidine rings is 1. The van der Waals surface area contributed by atoms with E-state index < -0.39 is 0 Å². The van der Waals surface area contributed by atoms with Crippen molar-refractivity contribution < 1.29 is 4.79 Å². The second kappa shape index (κ2) is 9.26. The lowest BCUT2D eigenvalue weighted by atomic mass is 10.0. The highest BCUT2D eigenvalue weighted by Crippen LogP contribution is 2.24. The van der Waals surface area contributed by atoms with Gasteiger partial charge in [0.2, 0.25) is 5.91 Å². The minimum atomic E-state index is -0.101. The van der Waals surface area contributed by atoms with Gasteiger partial charge in [-0.2, -0.15) is 0 Å². The smallest absolute Gasteiger partial charge is 0.241 e. The van der Waals surface area contributed by atoms with E-state index in [0.29, 0.717) is 12.0 Å². The van der Waals surface area contributed by atoms with Crippen molar-refractivity contribution in [3.63, 3.8) is 0 Å². The summed E-state index contributed by atoms with van der Waals surface area (Å²) in [6.07, 6.45) is 2.34. The highest BCUT2D eigenvalue weighted by molar-refractivity contribution is 5.95. The summed E-state index contributed by atoms with van der Waals surface area (Å²) in [7, 11) is 2.00. The molecule has 1 saturated heterocycles. The van der Waals surface area contributed by atoms with Crippen LogP contribution in [0.25, 0.3) is 0 Å². The number of hydrogen-bond donors (Lipinski definition) is 2. The number of rotatable bonds is 5. The van der Waals surface area contributed by atoms with Crippen molar-refractivity contribution in [2.45, 2.75) is 51.6 Å². The summed E-state index contributed by atoms with van der Waals surface area (Å²) in [5.41, 5.74) is 2.13. The molecule has 2 N–H and O–H groups in total. The Hall–Kier alpha value is -1.10. The van der Waals surface area contributed by atoms with Crippen LogP contribution in [0.2, 0.25) is 0 Å². The highest BCUT2D eigenvalue weighted by Gasteiger charge is 2.27. The molecule has 1 amide bonds. The van der Waals surface area contributed by atoms with Gasteiger partial charge in [0.1, 0.15) is 0 Å². The number of carbonyl (C=O) groups is 1. The highest BCUT2D eigenvalue weighted by atomic mass is 35.5. The van der Waals surface area contributed by atoms with Gasteiger partial charge in [-0.3, -0.25) is 9.69 Å². The molecule has 0 radical (unpaired) electrons. The summed E-state index contributed by atoms with van der Waals surface area (Å²) in [5.74, 6) is 0.486. The lowest BCUT2D eigenvalue weighted by Crippen LogP contribution is -2.51. The molecule has 1 fully saturated rings. The normalized spacial score (nSPS) is 20.0. The summed E-state index contributed by atoms with van der Waals surface area (Å²) in [6.45, 7) is 8.24. The number of amides is 1. The zero-order valence-corrected chi connectivity index (χ0v) is 15.5. The molecule has 0 aliphatic carbocycles. The van der Waals surface area contributed by atoms with E-state index in [-0.39, 0.29) is 24.4 Å². The molecule has 130 valence electrons. The number of anilines is 1. The molecule has 2 atom stereocenters. The van der Waals surface area contributed by atoms with Gasteiger partial charge in [-0.25, -0.2) is 0 Å². The molecule has 0 aromatic heterocycles. The number of para-hydroxylation sites is 1. The first-order chi connectivity index (χ1) is 10.5. The minimum absolute atomic E-state index is 0. The molecule has 1 aliphatic heterocycles. The average Bonchev–Trinajstić information content (AvgIpc) is 2.54. The lowest BCUT2D eigenvalue weighted by Gasteiger charge is -2.36. The summed E-state index contributed by atoms with van der Waals surface area (Å²) < 4.78 is 0. The van der Waals surface area contributed by atoms with Crippen LogP contribution in [0.15, 0.2) is 24.3 Å². The first-order valence-electron chi connectivity index (χ1n) is 8.34. The second-order valence-corrected chi connectivity index (χ2v) is 6.53. The van der Waals surface area contributed by atoms with Gasteiger partial charge in [0.05, 0.1) is 6.04 Å².